The van der Waals surface area contributed by atoms with E-state index in [1.54, 1.807) is 0 Å². The first-order valence-electron chi connectivity index (χ1n) is 10.8. The van der Waals surface area contributed by atoms with Crippen LogP contribution in [0.25, 0.3) is 0 Å². The third-order valence-electron chi connectivity index (χ3n) is 6.32. The third kappa shape index (κ3) is 3.71. The molecule has 2 aliphatic rings. The van der Waals surface area contributed by atoms with Gasteiger partial charge < -0.3 is 15.1 Å². The summed E-state index contributed by atoms with van der Waals surface area (Å²) >= 11 is 0. The van der Waals surface area contributed by atoms with Crippen molar-refractivity contribution in [3.63, 3.8) is 0 Å². The summed E-state index contributed by atoms with van der Waals surface area (Å²) in [7, 11) is 0. The van der Waals surface area contributed by atoms with Gasteiger partial charge in [-0.05, 0) is 49.6 Å². The van der Waals surface area contributed by atoms with Crippen LogP contribution in [0.4, 0.5) is 17.5 Å². The summed E-state index contributed by atoms with van der Waals surface area (Å²) in [6.07, 6.45) is 5.28. The largest absolute Gasteiger partial charge is 0.353 e. The minimum absolute atomic E-state index is 0.163. The highest BCUT2D eigenvalue weighted by atomic mass is 16.2. The highest BCUT2D eigenvalue weighted by Gasteiger charge is 2.45. The standard InChI is InChI=1S/C24H26N6O/c1-24(22(31)30-15-13-29(14-16-30)20-9-5-6-12-25-20)11-10-18-17-26-23(28-21(18)24)27-19-7-3-2-4-8-19/h2-9,12,17H,10-11,13-16H2,1H3,(H,26,27,28). The van der Waals surface area contributed by atoms with Gasteiger partial charge in [0, 0.05) is 44.3 Å². The molecule has 2 aromatic heterocycles. The number of aromatic nitrogens is 3. The van der Waals surface area contributed by atoms with Gasteiger partial charge in [0.05, 0.1) is 11.1 Å². The number of pyridine rings is 1. The van der Waals surface area contributed by atoms with Crippen LogP contribution < -0.4 is 10.2 Å². The molecular weight excluding hydrogens is 388 g/mol. The zero-order chi connectivity index (χ0) is 21.3. The molecule has 0 bridgehead atoms. The maximum Gasteiger partial charge on any atom is 0.234 e. The van der Waals surface area contributed by atoms with Crippen LogP contribution in [0.15, 0.2) is 60.9 Å². The number of aryl methyl sites for hydroxylation is 1. The van der Waals surface area contributed by atoms with Crippen LogP contribution >= 0.6 is 0 Å². The maximum atomic E-state index is 13.6. The van der Waals surface area contributed by atoms with Gasteiger partial charge in [0.15, 0.2) is 0 Å². The van der Waals surface area contributed by atoms with Crippen LogP contribution in [0, 0.1) is 0 Å². The Balaban J connectivity index is 1.32. The Morgan fingerprint density at radius 3 is 2.52 bits per heavy atom. The fourth-order valence-electron chi connectivity index (χ4n) is 4.52. The fourth-order valence-corrected chi connectivity index (χ4v) is 4.52. The summed E-state index contributed by atoms with van der Waals surface area (Å²) in [5, 5.41) is 3.25. The van der Waals surface area contributed by atoms with Crippen LogP contribution in [0.5, 0.6) is 0 Å². The Morgan fingerprint density at radius 1 is 1.00 bits per heavy atom. The summed E-state index contributed by atoms with van der Waals surface area (Å²) in [6.45, 7) is 5.00. The van der Waals surface area contributed by atoms with Gasteiger partial charge in [-0.3, -0.25) is 4.79 Å². The minimum atomic E-state index is -0.613. The molecule has 3 aromatic rings. The topological polar surface area (TPSA) is 74.2 Å². The molecule has 158 valence electrons. The number of benzene rings is 1. The van der Waals surface area contributed by atoms with Crippen molar-refractivity contribution in [1.82, 2.24) is 19.9 Å². The van der Waals surface area contributed by atoms with E-state index in [1.165, 1.54) is 0 Å². The molecular formula is C24H26N6O. The SMILES string of the molecule is CC1(C(=O)N2CCN(c3ccccn3)CC2)CCc2cnc(Nc3ccccc3)nc21. The molecule has 7 nitrogen and oxygen atoms in total. The normalized spacial score (nSPS) is 20.4. The molecule has 0 saturated carbocycles. The molecule has 1 amide bonds. The number of amides is 1. The highest BCUT2D eigenvalue weighted by Crippen LogP contribution is 2.39. The molecule has 7 heteroatoms. The van der Waals surface area contributed by atoms with Crippen molar-refractivity contribution in [2.24, 2.45) is 0 Å². The van der Waals surface area contributed by atoms with Crippen molar-refractivity contribution in [3.05, 3.63) is 72.2 Å². The second-order valence-electron chi connectivity index (χ2n) is 8.36. The zero-order valence-corrected chi connectivity index (χ0v) is 17.7. The van der Waals surface area contributed by atoms with E-state index in [2.05, 4.69) is 20.2 Å². The lowest BCUT2D eigenvalue weighted by atomic mass is 9.85. The lowest BCUT2D eigenvalue weighted by Crippen LogP contribution is -2.53. The number of nitrogens with one attached hydrogen (secondary N) is 1. The van der Waals surface area contributed by atoms with Crippen LogP contribution in [-0.4, -0.2) is 51.9 Å². The third-order valence-corrected chi connectivity index (χ3v) is 6.32. The van der Waals surface area contributed by atoms with Gasteiger partial charge >= 0.3 is 0 Å². The van der Waals surface area contributed by atoms with Crippen LogP contribution in [0.2, 0.25) is 0 Å². The van der Waals surface area contributed by atoms with Crippen molar-refractivity contribution in [1.29, 1.82) is 0 Å². The van der Waals surface area contributed by atoms with E-state index in [4.69, 9.17) is 4.98 Å². The van der Waals surface area contributed by atoms with Gasteiger partial charge in [0.1, 0.15) is 5.82 Å². The molecule has 0 radical (unpaired) electrons. The Bertz CT molecular complexity index is 1070. The van der Waals surface area contributed by atoms with Crippen LogP contribution in [0.3, 0.4) is 0 Å². The second kappa shape index (κ2) is 7.98. The van der Waals surface area contributed by atoms with Crippen molar-refractivity contribution >= 4 is 23.4 Å². The molecule has 0 spiro atoms. The number of carbonyl (C=O) groups excluding carboxylic acids is 1. The predicted molar refractivity (Wildman–Crippen MR) is 120 cm³/mol. The number of anilines is 3. The van der Waals surface area contributed by atoms with E-state index < -0.39 is 5.41 Å². The molecule has 1 N–H and O–H groups in total. The van der Waals surface area contributed by atoms with E-state index in [0.29, 0.717) is 19.0 Å². The Morgan fingerprint density at radius 2 is 1.77 bits per heavy atom. The monoisotopic (exact) mass is 414 g/mol. The Labute approximate surface area is 182 Å². The molecule has 31 heavy (non-hydrogen) atoms. The minimum Gasteiger partial charge on any atom is -0.353 e. The zero-order valence-electron chi connectivity index (χ0n) is 17.7. The van der Waals surface area contributed by atoms with Crippen molar-refractivity contribution in [2.75, 3.05) is 36.4 Å². The fraction of sp³-hybridized carbons (Fsp3) is 0.333. The van der Waals surface area contributed by atoms with Crippen molar-refractivity contribution in [2.45, 2.75) is 25.2 Å². The van der Waals surface area contributed by atoms with Crippen molar-refractivity contribution < 1.29 is 4.79 Å². The van der Waals surface area contributed by atoms with Crippen LogP contribution in [-0.2, 0) is 16.6 Å². The van der Waals surface area contributed by atoms with Crippen LogP contribution in [0.1, 0.15) is 24.6 Å². The first kappa shape index (κ1) is 19.5. The predicted octanol–water partition coefficient (Wildman–Crippen LogP) is 3.17. The summed E-state index contributed by atoms with van der Waals surface area (Å²) in [6, 6.07) is 15.8. The molecule has 1 aliphatic heterocycles. The Kier molecular flexibility index (Phi) is 5.02. The Hall–Kier alpha value is -3.48. The summed E-state index contributed by atoms with van der Waals surface area (Å²) in [5.41, 5.74) is 2.25. The molecule has 1 fully saturated rings. The summed E-state index contributed by atoms with van der Waals surface area (Å²) in [4.78, 5) is 31.5. The molecule has 1 unspecified atom stereocenters. The summed E-state index contributed by atoms with van der Waals surface area (Å²) < 4.78 is 0. The van der Waals surface area contributed by atoms with E-state index in [-0.39, 0.29) is 5.91 Å². The van der Waals surface area contributed by atoms with E-state index >= 15 is 0 Å². The molecule has 1 atom stereocenters. The van der Waals surface area contributed by atoms with Gasteiger partial charge in [0.25, 0.3) is 0 Å². The van der Waals surface area contributed by atoms with Gasteiger partial charge in [-0.25, -0.2) is 15.0 Å². The lowest BCUT2D eigenvalue weighted by Gasteiger charge is -2.39. The molecule has 3 heterocycles. The van der Waals surface area contributed by atoms with Gasteiger partial charge in [0.2, 0.25) is 11.9 Å². The quantitative estimate of drug-likeness (QED) is 0.707. The van der Waals surface area contributed by atoms with E-state index in [9.17, 15) is 4.79 Å². The maximum absolute atomic E-state index is 13.6. The number of para-hydroxylation sites is 1. The number of hydrogen-bond donors (Lipinski definition) is 1. The highest BCUT2D eigenvalue weighted by molar-refractivity contribution is 5.89. The summed E-state index contributed by atoms with van der Waals surface area (Å²) in [5.74, 6) is 1.67. The smallest absolute Gasteiger partial charge is 0.234 e. The number of rotatable bonds is 4. The molecule has 1 aliphatic carbocycles. The number of carbonyl (C=O) groups is 1. The first-order chi connectivity index (χ1) is 15.1. The van der Waals surface area contributed by atoms with Gasteiger partial charge in [-0.15, -0.1) is 0 Å². The van der Waals surface area contributed by atoms with E-state index in [1.807, 2.05) is 72.7 Å². The van der Waals surface area contributed by atoms with Crippen molar-refractivity contribution in [3.8, 4) is 0 Å². The van der Waals surface area contributed by atoms with Gasteiger partial charge in [-0.1, -0.05) is 24.3 Å². The number of nitrogens with zero attached hydrogens (tertiary/aromatic N) is 5. The number of fused-ring (bicyclic) bond motifs is 1. The number of piperazine rings is 1. The number of hydrogen-bond acceptors (Lipinski definition) is 6. The molecule has 5 rings (SSSR count). The average Bonchev–Trinajstić information content (AvgIpc) is 3.17. The molecule has 1 saturated heterocycles. The second-order valence-corrected chi connectivity index (χ2v) is 8.36. The lowest BCUT2D eigenvalue weighted by molar-refractivity contribution is -0.137. The average molecular weight is 415 g/mol. The molecule has 1 aromatic carbocycles. The first-order valence-corrected chi connectivity index (χ1v) is 10.8. The van der Waals surface area contributed by atoms with Gasteiger partial charge in [-0.2, -0.15) is 0 Å². The van der Waals surface area contributed by atoms with E-state index in [0.717, 1.165) is 48.7 Å².